The minimum Gasteiger partial charge on any atom is -0.481 e. The minimum atomic E-state index is -4.11. The summed E-state index contributed by atoms with van der Waals surface area (Å²) in [6.45, 7) is 2.25. The molecule has 0 aliphatic carbocycles. The number of benzene rings is 1. The number of sulfonamides is 1. The predicted octanol–water partition coefficient (Wildman–Crippen LogP) is 2.67. The molecule has 0 spiro atoms. The number of aliphatic carboxylic acids is 1. The molecular weight excluding hydrogens is 328 g/mol. The summed E-state index contributed by atoms with van der Waals surface area (Å²) in [6, 6.07) is 4.47. The fourth-order valence-electron chi connectivity index (χ4n) is 2.91. The Balaban J connectivity index is 2.39. The summed E-state index contributed by atoms with van der Waals surface area (Å²) in [4.78, 5) is 10.6. The molecule has 1 saturated heterocycles. The Hall–Kier alpha value is -1.54. The molecule has 23 heavy (non-hydrogen) atoms. The molecule has 0 bridgehead atoms. The maximum Gasteiger partial charge on any atom is 0.306 e. The molecule has 1 aromatic carbocycles. The average Bonchev–Trinajstić information content (AvgIpc) is 2.46. The Morgan fingerprint density at radius 1 is 1.35 bits per heavy atom. The van der Waals surface area contributed by atoms with E-state index >= 15 is 0 Å². The molecule has 128 valence electrons. The first kappa shape index (κ1) is 17.8. The number of hydrogen-bond acceptors (Lipinski definition) is 3. The van der Waals surface area contributed by atoms with Gasteiger partial charge < -0.3 is 5.11 Å². The maximum atomic E-state index is 13.7. The van der Waals surface area contributed by atoms with Crippen molar-refractivity contribution in [2.24, 2.45) is 5.92 Å². The summed E-state index contributed by atoms with van der Waals surface area (Å²) in [6.07, 6.45) is 0.336. The van der Waals surface area contributed by atoms with Gasteiger partial charge in [0.15, 0.2) is 0 Å². The van der Waals surface area contributed by atoms with Crippen LogP contribution in [0.15, 0.2) is 29.2 Å². The summed E-state index contributed by atoms with van der Waals surface area (Å²) < 4.78 is 54.1. The van der Waals surface area contributed by atoms with E-state index in [1.54, 1.807) is 6.92 Å². The third kappa shape index (κ3) is 3.53. The van der Waals surface area contributed by atoms with Crippen LogP contribution in [-0.2, 0) is 20.7 Å². The van der Waals surface area contributed by atoms with Gasteiger partial charge >= 0.3 is 5.97 Å². The van der Waals surface area contributed by atoms with Crippen molar-refractivity contribution in [2.45, 2.75) is 43.5 Å². The van der Waals surface area contributed by atoms with Crippen LogP contribution in [0, 0.1) is 5.92 Å². The van der Waals surface area contributed by atoms with Crippen LogP contribution in [0.2, 0.25) is 0 Å². The SMILES string of the molecule is C[C@@H]1C[C@H](C(=O)O)CCN1S(=O)(=O)c1ccccc1C(C)(F)F. The summed E-state index contributed by atoms with van der Waals surface area (Å²) in [5.41, 5.74) is -0.549. The molecule has 0 unspecified atom stereocenters. The van der Waals surface area contributed by atoms with E-state index in [1.165, 1.54) is 12.1 Å². The van der Waals surface area contributed by atoms with Gasteiger partial charge in [-0.05, 0) is 25.8 Å². The Bertz CT molecular complexity index is 700. The fourth-order valence-corrected chi connectivity index (χ4v) is 4.85. The average molecular weight is 347 g/mol. The lowest BCUT2D eigenvalue weighted by Crippen LogP contribution is -2.46. The summed E-state index contributed by atoms with van der Waals surface area (Å²) in [7, 11) is -4.11. The van der Waals surface area contributed by atoms with Crippen LogP contribution in [0.25, 0.3) is 0 Å². The second kappa shape index (κ2) is 6.16. The molecule has 8 heteroatoms. The molecule has 1 fully saturated rings. The molecule has 1 heterocycles. The van der Waals surface area contributed by atoms with Crippen molar-refractivity contribution in [1.29, 1.82) is 0 Å². The van der Waals surface area contributed by atoms with Gasteiger partial charge in [0.1, 0.15) is 0 Å². The lowest BCUT2D eigenvalue weighted by atomic mass is 9.93. The smallest absolute Gasteiger partial charge is 0.306 e. The lowest BCUT2D eigenvalue weighted by molar-refractivity contribution is -0.143. The van der Waals surface area contributed by atoms with Crippen LogP contribution in [0.4, 0.5) is 8.78 Å². The number of piperidine rings is 1. The van der Waals surface area contributed by atoms with Crippen LogP contribution in [0.1, 0.15) is 32.3 Å². The number of carboxylic acids is 1. The van der Waals surface area contributed by atoms with Gasteiger partial charge in [0.25, 0.3) is 5.92 Å². The summed E-state index contributed by atoms with van der Waals surface area (Å²) >= 11 is 0. The van der Waals surface area contributed by atoms with Gasteiger partial charge in [-0.2, -0.15) is 4.31 Å². The quantitative estimate of drug-likeness (QED) is 0.909. The molecule has 1 N–H and O–H groups in total. The normalized spacial score (nSPS) is 23.7. The first-order chi connectivity index (χ1) is 10.5. The Kier molecular flexibility index (Phi) is 4.77. The first-order valence-corrected chi connectivity index (χ1v) is 8.71. The minimum absolute atomic E-state index is 0.00405. The van der Waals surface area contributed by atoms with E-state index in [1.807, 2.05) is 0 Å². The second-order valence-corrected chi connectivity index (χ2v) is 7.77. The topological polar surface area (TPSA) is 74.7 Å². The number of halogens is 2. The zero-order chi connectivity index (χ0) is 17.4. The summed E-state index contributed by atoms with van der Waals surface area (Å²) in [5, 5.41) is 9.05. The monoisotopic (exact) mass is 347 g/mol. The number of alkyl halides is 2. The van der Waals surface area contributed by atoms with Crippen molar-refractivity contribution in [3.8, 4) is 0 Å². The maximum absolute atomic E-state index is 13.7. The highest BCUT2D eigenvalue weighted by Crippen LogP contribution is 2.35. The largest absolute Gasteiger partial charge is 0.481 e. The Morgan fingerprint density at radius 3 is 2.48 bits per heavy atom. The van der Waals surface area contributed by atoms with E-state index in [9.17, 15) is 22.0 Å². The van der Waals surface area contributed by atoms with Crippen molar-refractivity contribution in [3.05, 3.63) is 29.8 Å². The van der Waals surface area contributed by atoms with Gasteiger partial charge in [0.2, 0.25) is 10.0 Å². The highest BCUT2D eigenvalue weighted by molar-refractivity contribution is 7.89. The molecule has 1 aliphatic rings. The molecule has 1 aliphatic heterocycles. The predicted molar refractivity (Wildman–Crippen MR) is 79.7 cm³/mol. The Labute approximate surface area is 134 Å². The highest BCUT2D eigenvalue weighted by atomic mass is 32.2. The zero-order valence-electron chi connectivity index (χ0n) is 12.9. The van der Waals surface area contributed by atoms with Crippen molar-refractivity contribution < 1.29 is 27.1 Å². The van der Waals surface area contributed by atoms with E-state index in [0.717, 1.165) is 16.4 Å². The van der Waals surface area contributed by atoms with Crippen molar-refractivity contribution >= 4 is 16.0 Å². The van der Waals surface area contributed by atoms with E-state index < -0.39 is 44.3 Å². The summed E-state index contributed by atoms with van der Waals surface area (Å²) in [5.74, 6) is -4.86. The van der Waals surface area contributed by atoms with Crippen LogP contribution in [0.5, 0.6) is 0 Å². The molecule has 0 amide bonds. The number of carbonyl (C=O) groups is 1. The third-order valence-corrected chi connectivity index (χ3v) is 6.18. The number of hydrogen-bond donors (Lipinski definition) is 1. The second-order valence-electron chi connectivity index (χ2n) is 5.91. The van der Waals surface area contributed by atoms with Gasteiger partial charge in [-0.3, -0.25) is 4.79 Å². The van der Waals surface area contributed by atoms with Crippen molar-refractivity contribution in [1.82, 2.24) is 4.31 Å². The molecular formula is C15H19F2NO4S. The fraction of sp³-hybridized carbons (Fsp3) is 0.533. The van der Waals surface area contributed by atoms with Gasteiger partial charge in [0.05, 0.1) is 10.8 Å². The molecule has 2 atom stereocenters. The highest BCUT2D eigenvalue weighted by Gasteiger charge is 2.40. The van der Waals surface area contributed by atoms with Gasteiger partial charge in [0, 0.05) is 25.1 Å². The Morgan fingerprint density at radius 2 is 1.96 bits per heavy atom. The van der Waals surface area contributed by atoms with Crippen LogP contribution < -0.4 is 0 Å². The van der Waals surface area contributed by atoms with Crippen LogP contribution >= 0.6 is 0 Å². The van der Waals surface area contributed by atoms with E-state index in [0.29, 0.717) is 6.92 Å². The third-order valence-electron chi connectivity index (χ3n) is 4.11. The standard InChI is InChI=1S/C15H19F2NO4S/c1-10-9-11(14(19)20)7-8-18(10)23(21,22)13-6-4-3-5-12(13)15(2,16)17/h3-6,10-11H,7-9H2,1-2H3,(H,19,20)/t10-,11-/m1/s1. The van der Waals surface area contributed by atoms with E-state index in [2.05, 4.69) is 0 Å². The van der Waals surface area contributed by atoms with Crippen molar-refractivity contribution in [2.75, 3.05) is 6.54 Å². The molecule has 0 saturated carbocycles. The number of nitrogens with zero attached hydrogens (tertiary/aromatic N) is 1. The van der Waals surface area contributed by atoms with Crippen LogP contribution in [0.3, 0.4) is 0 Å². The van der Waals surface area contributed by atoms with E-state index in [-0.39, 0.29) is 19.4 Å². The molecule has 5 nitrogen and oxygen atoms in total. The van der Waals surface area contributed by atoms with E-state index in [4.69, 9.17) is 5.11 Å². The first-order valence-electron chi connectivity index (χ1n) is 7.27. The van der Waals surface area contributed by atoms with Gasteiger partial charge in [-0.1, -0.05) is 18.2 Å². The molecule has 2 rings (SSSR count). The van der Waals surface area contributed by atoms with Crippen LogP contribution in [-0.4, -0.2) is 36.4 Å². The lowest BCUT2D eigenvalue weighted by Gasteiger charge is -2.35. The molecule has 0 aromatic heterocycles. The van der Waals surface area contributed by atoms with Gasteiger partial charge in [-0.25, -0.2) is 17.2 Å². The molecule has 0 radical (unpaired) electrons. The van der Waals surface area contributed by atoms with Crippen molar-refractivity contribution in [3.63, 3.8) is 0 Å². The number of rotatable bonds is 4. The molecule has 1 aromatic rings. The van der Waals surface area contributed by atoms with Gasteiger partial charge in [-0.15, -0.1) is 0 Å². The zero-order valence-corrected chi connectivity index (χ0v) is 13.7. The number of carboxylic acid groups (broad SMARTS) is 1.